The van der Waals surface area contributed by atoms with Crippen LogP contribution in [0.1, 0.15) is 26.3 Å². The van der Waals surface area contributed by atoms with E-state index in [1.54, 1.807) is 18.2 Å². The second-order valence-corrected chi connectivity index (χ2v) is 4.92. The molecule has 2 heteroatoms. The first-order valence-electron chi connectivity index (χ1n) is 4.36. The summed E-state index contributed by atoms with van der Waals surface area (Å²) in [6.45, 7) is 6.44. The second kappa shape index (κ2) is 3.59. The summed E-state index contributed by atoms with van der Waals surface area (Å²) >= 11 is 5.99. The van der Waals surface area contributed by atoms with Gasteiger partial charge in [0, 0.05) is 5.02 Å². The van der Waals surface area contributed by atoms with Gasteiger partial charge in [-0.05, 0) is 35.6 Å². The van der Waals surface area contributed by atoms with E-state index in [1.165, 1.54) is 0 Å². The van der Waals surface area contributed by atoms with Crippen LogP contribution in [0.25, 0.3) is 0 Å². The lowest BCUT2D eigenvalue weighted by atomic mass is 9.88. The monoisotopic (exact) mass is 198 g/mol. The number of hydrogen-bond donors (Lipinski definition) is 1. The van der Waals surface area contributed by atoms with Crippen molar-refractivity contribution in [2.75, 3.05) is 0 Å². The predicted octanol–water partition coefficient (Wildman–Crippen LogP) is 3.63. The molecule has 0 aliphatic heterocycles. The third-order valence-corrected chi connectivity index (χ3v) is 2.12. The molecule has 0 bridgehead atoms. The molecule has 0 spiro atoms. The van der Waals surface area contributed by atoms with Gasteiger partial charge in [0.2, 0.25) is 0 Å². The van der Waals surface area contributed by atoms with E-state index < -0.39 is 0 Å². The first kappa shape index (κ1) is 10.4. The van der Waals surface area contributed by atoms with Crippen LogP contribution in [0.5, 0.6) is 5.75 Å². The molecule has 0 aliphatic carbocycles. The molecule has 0 radical (unpaired) electrons. The standard InChI is InChI=1S/C11H15ClO/c1-11(2,3)7-8-6-9(13)4-5-10(8)12/h4-6,13H,7H2,1-3H3. The van der Waals surface area contributed by atoms with E-state index in [2.05, 4.69) is 20.8 Å². The van der Waals surface area contributed by atoms with Gasteiger partial charge >= 0.3 is 0 Å². The highest BCUT2D eigenvalue weighted by atomic mass is 35.5. The minimum Gasteiger partial charge on any atom is -0.508 e. The molecule has 0 aromatic heterocycles. The third kappa shape index (κ3) is 3.27. The van der Waals surface area contributed by atoms with Crippen LogP contribution in [0.15, 0.2) is 18.2 Å². The maximum atomic E-state index is 9.28. The zero-order valence-electron chi connectivity index (χ0n) is 8.26. The zero-order valence-corrected chi connectivity index (χ0v) is 9.02. The predicted molar refractivity (Wildman–Crippen MR) is 56.3 cm³/mol. The molecule has 0 aliphatic rings. The molecule has 0 saturated carbocycles. The molecule has 0 atom stereocenters. The molecular weight excluding hydrogens is 184 g/mol. The minimum absolute atomic E-state index is 0.192. The number of phenolic OH excluding ortho intramolecular Hbond substituents is 1. The van der Waals surface area contributed by atoms with Crippen LogP contribution in [0.3, 0.4) is 0 Å². The van der Waals surface area contributed by atoms with Gasteiger partial charge in [-0.2, -0.15) is 0 Å². The quantitative estimate of drug-likeness (QED) is 0.731. The number of aromatic hydroxyl groups is 1. The Hall–Kier alpha value is -0.690. The van der Waals surface area contributed by atoms with Crippen LogP contribution in [0.4, 0.5) is 0 Å². The van der Waals surface area contributed by atoms with E-state index in [0.717, 1.165) is 17.0 Å². The van der Waals surface area contributed by atoms with Gasteiger partial charge in [-0.3, -0.25) is 0 Å². The number of rotatable bonds is 1. The average molecular weight is 199 g/mol. The SMILES string of the molecule is CC(C)(C)Cc1cc(O)ccc1Cl. The fourth-order valence-corrected chi connectivity index (χ4v) is 1.45. The van der Waals surface area contributed by atoms with E-state index in [-0.39, 0.29) is 11.2 Å². The average Bonchev–Trinajstić information content (AvgIpc) is 1.94. The molecular formula is C11H15ClO. The van der Waals surface area contributed by atoms with Crippen molar-refractivity contribution in [3.05, 3.63) is 28.8 Å². The Kier molecular flexibility index (Phi) is 2.87. The Balaban J connectivity index is 2.94. The zero-order chi connectivity index (χ0) is 10.1. The summed E-state index contributed by atoms with van der Waals surface area (Å²) in [5.41, 5.74) is 1.20. The van der Waals surface area contributed by atoms with Crippen molar-refractivity contribution < 1.29 is 5.11 Å². The Labute approximate surface area is 84.4 Å². The Bertz CT molecular complexity index is 299. The van der Waals surface area contributed by atoms with Crippen molar-refractivity contribution in [3.8, 4) is 5.75 Å². The minimum atomic E-state index is 0.192. The van der Waals surface area contributed by atoms with Crippen LogP contribution in [0, 0.1) is 5.41 Å². The molecule has 0 saturated heterocycles. The van der Waals surface area contributed by atoms with Crippen LogP contribution in [-0.2, 0) is 6.42 Å². The van der Waals surface area contributed by atoms with E-state index in [4.69, 9.17) is 11.6 Å². The molecule has 0 heterocycles. The fraction of sp³-hybridized carbons (Fsp3) is 0.455. The number of halogens is 1. The normalized spacial score (nSPS) is 11.7. The summed E-state index contributed by atoms with van der Waals surface area (Å²) in [7, 11) is 0. The number of phenols is 1. The van der Waals surface area contributed by atoms with Gasteiger partial charge in [-0.25, -0.2) is 0 Å². The van der Waals surface area contributed by atoms with Crippen molar-refractivity contribution in [1.29, 1.82) is 0 Å². The Morgan fingerprint density at radius 1 is 1.31 bits per heavy atom. The van der Waals surface area contributed by atoms with Gasteiger partial charge in [0.1, 0.15) is 5.75 Å². The van der Waals surface area contributed by atoms with Crippen LogP contribution < -0.4 is 0 Å². The molecule has 1 aromatic rings. The lowest BCUT2D eigenvalue weighted by Gasteiger charge is -2.18. The topological polar surface area (TPSA) is 20.2 Å². The van der Waals surface area contributed by atoms with Gasteiger partial charge in [0.15, 0.2) is 0 Å². The highest BCUT2D eigenvalue weighted by Gasteiger charge is 2.13. The lowest BCUT2D eigenvalue weighted by Crippen LogP contribution is -2.09. The van der Waals surface area contributed by atoms with Crippen molar-refractivity contribution >= 4 is 11.6 Å². The lowest BCUT2D eigenvalue weighted by molar-refractivity contribution is 0.409. The van der Waals surface area contributed by atoms with E-state index in [1.807, 2.05) is 0 Å². The molecule has 13 heavy (non-hydrogen) atoms. The van der Waals surface area contributed by atoms with E-state index >= 15 is 0 Å². The summed E-state index contributed by atoms with van der Waals surface area (Å²) in [6.07, 6.45) is 0.875. The summed E-state index contributed by atoms with van der Waals surface area (Å²) in [5, 5.41) is 10.0. The van der Waals surface area contributed by atoms with E-state index in [0.29, 0.717) is 0 Å². The van der Waals surface area contributed by atoms with Crippen LogP contribution in [-0.4, -0.2) is 5.11 Å². The third-order valence-electron chi connectivity index (χ3n) is 1.75. The Morgan fingerprint density at radius 2 is 1.92 bits per heavy atom. The van der Waals surface area contributed by atoms with Crippen molar-refractivity contribution in [2.45, 2.75) is 27.2 Å². The maximum absolute atomic E-state index is 9.28. The smallest absolute Gasteiger partial charge is 0.115 e. The second-order valence-electron chi connectivity index (χ2n) is 4.51. The summed E-state index contributed by atoms with van der Waals surface area (Å²) in [4.78, 5) is 0. The summed E-state index contributed by atoms with van der Waals surface area (Å²) in [6, 6.07) is 5.07. The summed E-state index contributed by atoms with van der Waals surface area (Å²) < 4.78 is 0. The molecule has 1 nitrogen and oxygen atoms in total. The molecule has 1 rings (SSSR count). The maximum Gasteiger partial charge on any atom is 0.115 e. The van der Waals surface area contributed by atoms with Gasteiger partial charge < -0.3 is 5.11 Å². The van der Waals surface area contributed by atoms with Gasteiger partial charge in [0.25, 0.3) is 0 Å². The van der Waals surface area contributed by atoms with Crippen molar-refractivity contribution in [1.82, 2.24) is 0 Å². The highest BCUT2D eigenvalue weighted by molar-refractivity contribution is 6.31. The number of hydrogen-bond acceptors (Lipinski definition) is 1. The van der Waals surface area contributed by atoms with E-state index in [9.17, 15) is 5.11 Å². The highest BCUT2D eigenvalue weighted by Crippen LogP contribution is 2.28. The van der Waals surface area contributed by atoms with Crippen LogP contribution in [0.2, 0.25) is 5.02 Å². The van der Waals surface area contributed by atoms with Gasteiger partial charge in [-0.1, -0.05) is 32.4 Å². The molecule has 1 N–H and O–H groups in total. The number of benzene rings is 1. The first-order chi connectivity index (χ1) is 5.88. The summed E-state index contributed by atoms with van der Waals surface area (Å²) in [5.74, 6) is 0.281. The van der Waals surface area contributed by atoms with Crippen molar-refractivity contribution in [2.24, 2.45) is 5.41 Å². The van der Waals surface area contributed by atoms with Gasteiger partial charge in [0.05, 0.1) is 0 Å². The molecule has 72 valence electrons. The molecule has 0 amide bonds. The van der Waals surface area contributed by atoms with Gasteiger partial charge in [-0.15, -0.1) is 0 Å². The van der Waals surface area contributed by atoms with Crippen LogP contribution >= 0.6 is 11.6 Å². The molecule has 1 aromatic carbocycles. The Morgan fingerprint density at radius 3 is 2.46 bits per heavy atom. The van der Waals surface area contributed by atoms with Crippen molar-refractivity contribution in [3.63, 3.8) is 0 Å². The fourth-order valence-electron chi connectivity index (χ4n) is 1.27. The molecule has 0 unspecified atom stereocenters. The first-order valence-corrected chi connectivity index (χ1v) is 4.74. The molecule has 0 fully saturated rings. The largest absolute Gasteiger partial charge is 0.508 e.